The molecule has 0 fully saturated rings. The number of likely N-dealkylation sites (N-methyl/N-ethyl adjacent to an activating group) is 1. The van der Waals surface area contributed by atoms with Crippen LogP contribution in [0.5, 0.6) is 0 Å². The molecule has 19 nitrogen and oxygen atoms in total. The highest BCUT2D eigenvalue weighted by Gasteiger charge is 2.49. The van der Waals surface area contributed by atoms with Gasteiger partial charge in [-0.25, -0.2) is 4.79 Å². The normalized spacial score (nSPS) is 15.6. The molecule has 8 atom stereocenters. The number of carbonyl (C=O) groups excluding carboxylic acids is 6. The quantitative estimate of drug-likeness (QED) is 0.0358. The van der Waals surface area contributed by atoms with Gasteiger partial charge in [-0.1, -0.05) is 154 Å². The number of benzene rings is 2. The fourth-order valence-corrected chi connectivity index (χ4v) is 7.50. The Morgan fingerprint density at radius 3 is 1.79 bits per heavy atom. The van der Waals surface area contributed by atoms with Gasteiger partial charge in [-0.15, -0.1) is 0 Å². The average Bonchev–Trinajstić information content (AvgIpc) is 3.34. The van der Waals surface area contributed by atoms with Crippen molar-refractivity contribution in [2.24, 2.45) is 17.8 Å². The molecule has 0 unspecified atom stereocenters. The summed E-state index contributed by atoms with van der Waals surface area (Å²) in [7, 11) is 1.41. The lowest BCUT2D eigenvalue weighted by Crippen LogP contribution is -2.71. The molecule has 2 rings (SSSR count). The maximum absolute atomic E-state index is 14.5. The molecule has 0 aliphatic carbocycles. The zero-order chi connectivity index (χ0) is 52.4. The summed E-state index contributed by atoms with van der Waals surface area (Å²) in [6, 6.07) is 14.1. The number of rotatable bonds is 33. The van der Waals surface area contributed by atoms with E-state index in [0.717, 1.165) is 32.1 Å². The molecule has 0 bridgehead atoms. The van der Waals surface area contributed by atoms with E-state index in [9.17, 15) is 54.0 Å². The summed E-state index contributed by atoms with van der Waals surface area (Å²) in [6.45, 7) is 9.65. The Morgan fingerprint density at radius 1 is 0.700 bits per heavy atom. The van der Waals surface area contributed by atoms with Gasteiger partial charge in [-0.2, -0.15) is 0 Å². The summed E-state index contributed by atoms with van der Waals surface area (Å²) in [5, 5.41) is 55.7. The fourth-order valence-electron chi connectivity index (χ4n) is 7.50. The number of hydrogen-bond donors (Lipinski definition) is 9. The largest absolute Gasteiger partial charge is 0.480 e. The lowest BCUT2D eigenvalue weighted by atomic mass is 9.91. The predicted octanol–water partition coefficient (Wildman–Crippen LogP) is 4.26. The van der Waals surface area contributed by atoms with Gasteiger partial charge in [0.2, 0.25) is 29.2 Å². The highest BCUT2D eigenvalue weighted by molar-refractivity contribution is 5.98. The Balaban J connectivity index is 2.45. The Bertz CT molecular complexity index is 1940. The van der Waals surface area contributed by atoms with Gasteiger partial charge in [-0.3, -0.25) is 28.8 Å². The van der Waals surface area contributed by atoms with Gasteiger partial charge in [0.15, 0.2) is 0 Å². The maximum atomic E-state index is 14.5. The first-order valence-electron chi connectivity index (χ1n) is 24.6. The summed E-state index contributed by atoms with van der Waals surface area (Å²) in [5.74, 6) is -9.05. The summed E-state index contributed by atoms with van der Waals surface area (Å²) in [6.07, 6.45) is 5.49. The zero-order valence-corrected chi connectivity index (χ0v) is 42.3. The van der Waals surface area contributed by atoms with Crippen LogP contribution in [-0.4, -0.2) is 123 Å². The van der Waals surface area contributed by atoms with Crippen molar-refractivity contribution < 1.29 is 63.5 Å². The number of aliphatic carboxylic acids is 1. The van der Waals surface area contributed by atoms with Gasteiger partial charge in [0, 0.05) is 13.0 Å². The number of amides is 6. The van der Waals surface area contributed by atoms with Crippen LogP contribution in [0.25, 0.3) is 0 Å². The number of carboxylic acids is 1. The van der Waals surface area contributed by atoms with E-state index in [1.165, 1.54) is 45.1 Å². The van der Waals surface area contributed by atoms with Crippen molar-refractivity contribution in [1.82, 2.24) is 31.5 Å². The van der Waals surface area contributed by atoms with Crippen LogP contribution in [0.3, 0.4) is 0 Å². The third-order valence-electron chi connectivity index (χ3n) is 12.4. The molecule has 2 aromatic rings. The van der Waals surface area contributed by atoms with Gasteiger partial charge in [0.25, 0.3) is 11.8 Å². The number of carbonyl (C=O) groups is 7. The zero-order valence-electron chi connectivity index (χ0n) is 42.3. The number of ether oxygens (including phenoxy) is 2. The first kappa shape index (κ1) is 60.5. The molecular weight excluding hydrogens is 905 g/mol. The number of aliphatic hydroxyl groups is 3. The highest BCUT2D eigenvalue weighted by Crippen LogP contribution is 2.23. The Hall–Kier alpha value is -5.63. The van der Waals surface area contributed by atoms with E-state index in [1.807, 2.05) is 19.2 Å². The minimum atomic E-state index is -3.00. The van der Waals surface area contributed by atoms with Crippen molar-refractivity contribution in [3.63, 3.8) is 0 Å². The number of unbranched alkanes of at least 4 members (excludes halogenated alkanes) is 7. The number of alkyl carbamates (subject to hydrolysis) is 1. The van der Waals surface area contributed by atoms with Gasteiger partial charge < -0.3 is 61.4 Å². The Kier molecular flexibility index (Phi) is 26.7. The van der Waals surface area contributed by atoms with Crippen molar-refractivity contribution in [2.45, 2.75) is 168 Å². The van der Waals surface area contributed by atoms with Crippen molar-refractivity contribution in [3.05, 3.63) is 71.8 Å². The van der Waals surface area contributed by atoms with Crippen LogP contribution in [-0.2, 0) is 51.5 Å². The van der Waals surface area contributed by atoms with E-state index in [-0.39, 0.29) is 32.0 Å². The maximum Gasteiger partial charge on any atom is 0.407 e. The molecule has 2 aromatic carbocycles. The second kappa shape index (κ2) is 30.9. The summed E-state index contributed by atoms with van der Waals surface area (Å²) >= 11 is 0. The van der Waals surface area contributed by atoms with Crippen molar-refractivity contribution >= 4 is 41.6 Å². The first-order chi connectivity index (χ1) is 33.1. The molecule has 392 valence electrons. The SMILES string of the molecule is CCCCCCCCCC[C@@H](O)[C@@H](C)C(=O)N(C)[C@@H](CC(C)C)C(=O)N[C@@](O)(C(=O)N[C@@H](CNC(=O)OCc1ccccc1)C(=O)N[C@@](O)(C(=O)NCC(=O)O)[C@H](C)OCc1ccccc1)[C@H](C)CC. The van der Waals surface area contributed by atoms with Crippen LogP contribution in [0.1, 0.15) is 130 Å². The summed E-state index contributed by atoms with van der Waals surface area (Å²) in [5.41, 5.74) is -4.53. The molecule has 70 heavy (non-hydrogen) atoms. The molecule has 0 aliphatic rings. The number of nitrogens with zero attached hydrogens (tertiary/aromatic N) is 1. The van der Waals surface area contributed by atoms with Crippen LogP contribution in [0, 0.1) is 17.8 Å². The minimum Gasteiger partial charge on any atom is -0.480 e. The lowest BCUT2D eigenvalue weighted by molar-refractivity contribution is -0.172. The summed E-state index contributed by atoms with van der Waals surface area (Å²) in [4.78, 5) is 96.0. The molecule has 0 saturated carbocycles. The van der Waals surface area contributed by atoms with Crippen molar-refractivity contribution in [3.8, 4) is 0 Å². The molecule has 0 heterocycles. The Morgan fingerprint density at radius 2 is 1.24 bits per heavy atom. The highest BCUT2D eigenvalue weighted by atomic mass is 16.5. The van der Waals surface area contributed by atoms with E-state index >= 15 is 0 Å². The number of hydrogen-bond acceptors (Lipinski definition) is 12. The standard InChI is InChI=1S/C51H80N6O13/c1-9-11-12-13-14-15-16-23-28-42(58)36(6)46(63)57(8)41(29-34(3)4)45(62)56-50(67,35(5)10-2)48(65)54-40(30-53-49(66)70-33-39-26-21-18-22-27-39)44(61)55-51(68,47(64)52-31-43(59)60)37(7)69-32-38-24-19-17-20-25-38/h17-22,24-27,34-37,40-42,58,67-68H,9-16,23,28-33H2,1-8H3,(H,52,64)(H,53,66)(H,54,65)(H,55,61)(H,56,62)(H,59,60)/t35-,36-,37+,40+,41+,42-,50+,51+/m1/s1. The molecule has 0 radical (unpaired) electrons. The summed E-state index contributed by atoms with van der Waals surface area (Å²) < 4.78 is 11.1. The van der Waals surface area contributed by atoms with Gasteiger partial charge in [0.1, 0.15) is 31.3 Å². The minimum absolute atomic E-state index is 0.0937. The van der Waals surface area contributed by atoms with E-state index in [4.69, 9.17) is 9.47 Å². The molecule has 9 N–H and O–H groups in total. The molecule has 19 heteroatoms. The molecule has 0 saturated heterocycles. The lowest BCUT2D eigenvalue weighted by Gasteiger charge is -2.38. The van der Waals surface area contributed by atoms with Crippen LogP contribution in [0.15, 0.2) is 60.7 Å². The van der Waals surface area contributed by atoms with E-state index in [1.54, 1.807) is 74.5 Å². The van der Waals surface area contributed by atoms with E-state index in [0.29, 0.717) is 17.5 Å². The average molecular weight is 985 g/mol. The first-order valence-corrected chi connectivity index (χ1v) is 24.6. The van der Waals surface area contributed by atoms with Crippen LogP contribution < -0.4 is 26.6 Å². The third-order valence-corrected chi connectivity index (χ3v) is 12.4. The van der Waals surface area contributed by atoms with E-state index < -0.39 is 102 Å². The van der Waals surface area contributed by atoms with Crippen LogP contribution in [0.4, 0.5) is 4.79 Å². The van der Waals surface area contributed by atoms with Gasteiger partial charge >= 0.3 is 12.1 Å². The van der Waals surface area contributed by atoms with Gasteiger partial charge in [0.05, 0.1) is 25.2 Å². The molecular formula is C51H80N6O13. The second-order valence-electron chi connectivity index (χ2n) is 18.5. The monoisotopic (exact) mass is 985 g/mol. The Labute approximate surface area is 413 Å². The van der Waals surface area contributed by atoms with Crippen molar-refractivity contribution in [2.75, 3.05) is 20.1 Å². The number of nitrogens with one attached hydrogen (secondary N) is 5. The van der Waals surface area contributed by atoms with E-state index in [2.05, 4.69) is 28.2 Å². The molecule has 0 aromatic heterocycles. The number of carboxylic acid groups (broad SMARTS) is 1. The fraction of sp³-hybridized carbons (Fsp3) is 0.627. The van der Waals surface area contributed by atoms with Gasteiger partial charge in [-0.05, 0) is 43.2 Å². The molecule has 0 aliphatic heterocycles. The molecule has 6 amide bonds. The predicted molar refractivity (Wildman–Crippen MR) is 262 cm³/mol. The van der Waals surface area contributed by atoms with Crippen LogP contribution >= 0.6 is 0 Å². The molecule has 0 spiro atoms. The third kappa shape index (κ3) is 20.0. The van der Waals surface area contributed by atoms with Crippen molar-refractivity contribution in [1.29, 1.82) is 0 Å². The smallest absolute Gasteiger partial charge is 0.407 e. The van der Waals surface area contributed by atoms with Crippen LogP contribution in [0.2, 0.25) is 0 Å². The second-order valence-corrected chi connectivity index (χ2v) is 18.5. The number of aliphatic hydroxyl groups excluding tert-OH is 1. The topological polar surface area (TPSA) is 282 Å².